The van der Waals surface area contributed by atoms with Gasteiger partial charge in [0.25, 0.3) is 0 Å². The SMILES string of the molecule is CCCCOCc1cc(NC=O)ccc1-c1cccc(OCC)c1C. The number of hydrogen-bond acceptors (Lipinski definition) is 3. The third kappa shape index (κ3) is 5.07. The highest BCUT2D eigenvalue weighted by atomic mass is 16.5. The van der Waals surface area contributed by atoms with Crippen LogP contribution >= 0.6 is 0 Å². The van der Waals surface area contributed by atoms with Crippen LogP contribution in [0, 0.1) is 6.92 Å². The van der Waals surface area contributed by atoms with Gasteiger partial charge in [0.2, 0.25) is 6.41 Å². The Morgan fingerprint density at radius 3 is 2.68 bits per heavy atom. The van der Waals surface area contributed by atoms with E-state index in [2.05, 4.69) is 25.2 Å². The van der Waals surface area contributed by atoms with E-state index in [-0.39, 0.29) is 0 Å². The van der Waals surface area contributed by atoms with Crippen LogP contribution in [0.25, 0.3) is 11.1 Å². The first-order valence-electron chi connectivity index (χ1n) is 8.84. The van der Waals surface area contributed by atoms with E-state index in [0.29, 0.717) is 19.6 Å². The highest BCUT2D eigenvalue weighted by Gasteiger charge is 2.12. The molecule has 1 N–H and O–H groups in total. The van der Waals surface area contributed by atoms with Crippen molar-refractivity contribution in [2.75, 3.05) is 18.5 Å². The molecule has 25 heavy (non-hydrogen) atoms. The van der Waals surface area contributed by atoms with Gasteiger partial charge in [0, 0.05) is 12.3 Å². The first-order chi connectivity index (χ1) is 12.2. The molecule has 2 aromatic carbocycles. The predicted molar refractivity (Wildman–Crippen MR) is 102 cm³/mol. The summed E-state index contributed by atoms with van der Waals surface area (Å²) in [6, 6.07) is 12.0. The Balaban J connectivity index is 2.38. The molecule has 0 saturated heterocycles. The van der Waals surface area contributed by atoms with Crippen molar-refractivity contribution in [3.63, 3.8) is 0 Å². The molecule has 0 heterocycles. The zero-order valence-corrected chi connectivity index (χ0v) is 15.3. The Labute approximate surface area is 150 Å². The van der Waals surface area contributed by atoms with Crippen molar-refractivity contribution in [3.8, 4) is 16.9 Å². The first kappa shape index (κ1) is 19.0. The smallest absolute Gasteiger partial charge is 0.211 e. The molecule has 4 nitrogen and oxygen atoms in total. The Kier molecular flexibility index (Phi) is 7.48. The predicted octanol–water partition coefficient (Wildman–Crippen LogP) is 4.95. The van der Waals surface area contributed by atoms with Crippen LogP contribution in [0.4, 0.5) is 5.69 Å². The monoisotopic (exact) mass is 341 g/mol. The highest BCUT2D eigenvalue weighted by Crippen LogP contribution is 2.33. The summed E-state index contributed by atoms with van der Waals surface area (Å²) in [4.78, 5) is 10.8. The molecule has 0 bridgehead atoms. The third-order valence-electron chi connectivity index (χ3n) is 4.10. The summed E-state index contributed by atoms with van der Waals surface area (Å²) in [6.07, 6.45) is 2.84. The van der Waals surface area contributed by atoms with Crippen LogP contribution < -0.4 is 10.1 Å². The quantitative estimate of drug-likeness (QED) is 0.491. The lowest BCUT2D eigenvalue weighted by molar-refractivity contribution is -0.105. The zero-order chi connectivity index (χ0) is 18.1. The standard InChI is InChI=1S/C21H27NO3/c1-4-6-12-24-14-17-13-18(22-15-23)10-11-20(17)19-8-7-9-21(16(19)3)25-5-2/h7-11,13,15H,4-6,12,14H2,1-3H3,(H,22,23). The first-order valence-corrected chi connectivity index (χ1v) is 8.84. The van der Waals surface area contributed by atoms with Crippen molar-refractivity contribution in [2.24, 2.45) is 0 Å². The molecule has 0 fully saturated rings. The molecular weight excluding hydrogens is 314 g/mol. The number of anilines is 1. The fourth-order valence-corrected chi connectivity index (χ4v) is 2.78. The summed E-state index contributed by atoms with van der Waals surface area (Å²) >= 11 is 0. The van der Waals surface area contributed by atoms with Gasteiger partial charge >= 0.3 is 0 Å². The number of nitrogens with one attached hydrogen (secondary N) is 1. The molecule has 0 radical (unpaired) electrons. The Morgan fingerprint density at radius 1 is 1.12 bits per heavy atom. The lowest BCUT2D eigenvalue weighted by Gasteiger charge is -2.16. The van der Waals surface area contributed by atoms with Crippen LogP contribution in [-0.4, -0.2) is 19.6 Å². The van der Waals surface area contributed by atoms with Gasteiger partial charge in [-0.2, -0.15) is 0 Å². The molecule has 0 aliphatic rings. The van der Waals surface area contributed by atoms with Crippen LogP contribution in [0.3, 0.4) is 0 Å². The van der Waals surface area contributed by atoms with Gasteiger partial charge < -0.3 is 14.8 Å². The van der Waals surface area contributed by atoms with E-state index in [1.807, 2.05) is 37.3 Å². The molecule has 0 aliphatic heterocycles. The van der Waals surface area contributed by atoms with Crippen LogP contribution in [0.15, 0.2) is 36.4 Å². The molecule has 0 unspecified atom stereocenters. The van der Waals surface area contributed by atoms with Gasteiger partial charge in [-0.1, -0.05) is 31.5 Å². The maximum atomic E-state index is 10.8. The van der Waals surface area contributed by atoms with E-state index in [0.717, 1.165) is 53.1 Å². The summed E-state index contributed by atoms with van der Waals surface area (Å²) in [5.41, 5.74) is 5.16. The van der Waals surface area contributed by atoms with E-state index in [9.17, 15) is 4.79 Å². The van der Waals surface area contributed by atoms with E-state index in [1.165, 1.54) is 0 Å². The van der Waals surface area contributed by atoms with E-state index >= 15 is 0 Å². The molecule has 0 aliphatic carbocycles. The van der Waals surface area contributed by atoms with Crippen molar-refractivity contribution in [1.29, 1.82) is 0 Å². The second-order valence-electron chi connectivity index (χ2n) is 5.90. The van der Waals surface area contributed by atoms with Crippen molar-refractivity contribution in [1.82, 2.24) is 0 Å². The Hall–Kier alpha value is -2.33. The van der Waals surface area contributed by atoms with Crippen molar-refractivity contribution in [2.45, 2.75) is 40.2 Å². The van der Waals surface area contributed by atoms with Crippen molar-refractivity contribution < 1.29 is 14.3 Å². The maximum Gasteiger partial charge on any atom is 0.211 e. The zero-order valence-electron chi connectivity index (χ0n) is 15.3. The van der Waals surface area contributed by atoms with Gasteiger partial charge in [0.15, 0.2) is 0 Å². The lowest BCUT2D eigenvalue weighted by atomic mass is 9.95. The van der Waals surface area contributed by atoms with E-state index in [4.69, 9.17) is 9.47 Å². The number of carbonyl (C=O) groups is 1. The fraction of sp³-hybridized carbons (Fsp3) is 0.381. The molecule has 1 amide bonds. The Morgan fingerprint density at radius 2 is 1.96 bits per heavy atom. The number of rotatable bonds is 10. The van der Waals surface area contributed by atoms with Gasteiger partial charge in [-0.15, -0.1) is 0 Å². The summed E-state index contributed by atoms with van der Waals surface area (Å²) in [7, 11) is 0. The molecule has 2 rings (SSSR count). The van der Waals surface area contributed by atoms with Gasteiger partial charge in [-0.3, -0.25) is 4.79 Å². The van der Waals surface area contributed by atoms with Gasteiger partial charge in [0.05, 0.1) is 13.2 Å². The number of ether oxygens (including phenoxy) is 2. The average molecular weight is 341 g/mol. The minimum atomic E-state index is 0.516. The molecule has 0 aromatic heterocycles. The minimum Gasteiger partial charge on any atom is -0.494 e. The molecule has 0 spiro atoms. The molecule has 4 heteroatoms. The van der Waals surface area contributed by atoms with Gasteiger partial charge in [-0.25, -0.2) is 0 Å². The number of unbranched alkanes of at least 4 members (excludes halogenated alkanes) is 1. The summed E-state index contributed by atoms with van der Waals surface area (Å²) in [5.74, 6) is 0.896. The molecule has 134 valence electrons. The second kappa shape index (κ2) is 9.84. The topological polar surface area (TPSA) is 47.6 Å². The summed E-state index contributed by atoms with van der Waals surface area (Å²) in [6.45, 7) is 8.09. The second-order valence-corrected chi connectivity index (χ2v) is 5.90. The lowest BCUT2D eigenvalue weighted by Crippen LogP contribution is -2.02. The minimum absolute atomic E-state index is 0.516. The van der Waals surface area contributed by atoms with Crippen LogP contribution in [-0.2, 0) is 16.1 Å². The van der Waals surface area contributed by atoms with E-state index in [1.54, 1.807) is 0 Å². The number of benzene rings is 2. The molecule has 0 saturated carbocycles. The Bertz CT molecular complexity index is 698. The number of amides is 1. The third-order valence-corrected chi connectivity index (χ3v) is 4.10. The highest BCUT2D eigenvalue weighted by molar-refractivity contribution is 5.78. The normalized spacial score (nSPS) is 10.5. The number of hydrogen-bond donors (Lipinski definition) is 1. The maximum absolute atomic E-state index is 10.8. The molecule has 0 atom stereocenters. The largest absolute Gasteiger partial charge is 0.494 e. The van der Waals surface area contributed by atoms with Gasteiger partial charge in [0.1, 0.15) is 5.75 Å². The average Bonchev–Trinajstić information content (AvgIpc) is 2.62. The fourth-order valence-electron chi connectivity index (χ4n) is 2.78. The van der Waals surface area contributed by atoms with Crippen LogP contribution in [0.5, 0.6) is 5.75 Å². The summed E-state index contributed by atoms with van der Waals surface area (Å²) in [5, 5.41) is 2.71. The van der Waals surface area contributed by atoms with Gasteiger partial charge in [-0.05, 0) is 60.7 Å². The van der Waals surface area contributed by atoms with Crippen molar-refractivity contribution in [3.05, 3.63) is 47.5 Å². The number of carbonyl (C=O) groups excluding carboxylic acids is 1. The molecule has 2 aromatic rings. The van der Waals surface area contributed by atoms with Crippen LogP contribution in [0.1, 0.15) is 37.8 Å². The summed E-state index contributed by atoms with van der Waals surface area (Å²) < 4.78 is 11.5. The van der Waals surface area contributed by atoms with E-state index < -0.39 is 0 Å². The van der Waals surface area contributed by atoms with Crippen LogP contribution in [0.2, 0.25) is 0 Å². The molecular formula is C21H27NO3. The van der Waals surface area contributed by atoms with Crippen molar-refractivity contribution >= 4 is 12.1 Å².